The summed E-state index contributed by atoms with van der Waals surface area (Å²) in [7, 11) is 0. The summed E-state index contributed by atoms with van der Waals surface area (Å²) in [6.45, 7) is -0.00694. The zero-order valence-corrected chi connectivity index (χ0v) is 3.05. The molecule has 4 nitrogen and oxygen atoms in total. The van der Waals surface area contributed by atoms with Crippen LogP contribution in [-0.4, -0.2) is 17.6 Å². The summed E-state index contributed by atoms with van der Waals surface area (Å²) >= 11 is 0. The molecule has 0 atom stereocenters. The van der Waals surface area contributed by atoms with E-state index in [4.69, 9.17) is 10.8 Å². The first kappa shape index (κ1) is 4.01. The van der Waals surface area contributed by atoms with Crippen molar-refractivity contribution in [3.8, 4) is 0 Å². The molecule has 1 fully saturated rings. The maximum absolute atomic E-state index is 8.37. The van der Waals surface area contributed by atoms with E-state index < -0.39 is 5.97 Å². The molecule has 0 spiro atoms. The second kappa shape index (κ2) is 0.913. The molecule has 1 rings (SSSR count). The molecule has 1 aliphatic rings. The zero-order chi connectivity index (χ0) is 4.62. The van der Waals surface area contributed by atoms with Crippen molar-refractivity contribution in [2.24, 2.45) is 5.73 Å². The van der Waals surface area contributed by atoms with E-state index in [-0.39, 0.29) is 6.54 Å². The highest BCUT2D eigenvalue weighted by Crippen LogP contribution is 2.22. The van der Waals surface area contributed by atoms with Crippen LogP contribution in [0.1, 0.15) is 0 Å². The molecule has 0 aromatic heterocycles. The van der Waals surface area contributed by atoms with Gasteiger partial charge in [-0.15, -0.1) is 0 Å². The maximum Gasteiger partial charge on any atom is 0.349 e. The van der Waals surface area contributed by atoms with Gasteiger partial charge in [0.1, 0.15) is 0 Å². The molecule has 0 bridgehead atoms. The molecule has 6 heavy (non-hydrogen) atoms. The lowest BCUT2D eigenvalue weighted by Gasteiger charge is -1.85. The third kappa shape index (κ3) is 0.504. The standard InChI is InChI=1S/C2H5NO3/c3-1-2(4)5-6-2/h4H,1,3H2. The van der Waals surface area contributed by atoms with E-state index in [1.807, 2.05) is 0 Å². The summed E-state index contributed by atoms with van der Waals surface area (Å²) < 4.78 is 0. The molecule has 0 saturated carbocycles. The molecule has 0 amide bonds. The first-order valence-corrected chi connectivity index (χ1v) is 1.56. The minimum Gasteiger partial charge on any atom is -0.339 e. The van der Waals surface area contributed by atoms with Gasteiger partial charge in [0.05, 0.1) is 6.54 Å². The van der Waals surface area contributed by atoms with Gasteiger partial charge in [0.25, 0.3) is 0 Å². The Labute approximate surface area is 34.4 Å². The first-order valence-electron chi connectivity index (χ1n) is 1.56. The highest BCUT2D eigenvalue weighted by Gasteiger charge is 2.45. The third-order valence-electron chi connectivity index (χ3n) is 0.534. The third-order valence-corrected chi connectivity index (χ3v) is 0.534. The number of rotatable bonds is 1. The molecule has 1 aliphatic heterocycles. The molecule has 0 radical (unpaired) electrons. The molecule has 0 aliphatic carbocycles. The molecular formula is C2H5NO3. The van der Waals surface area contributed by atoms with Crippen molar-refractivity contribution in [3.63, 3.8) is 0 Å². The van der Waals surface area contributed by atoms with Gasteiger partial charge in [-0.25, -0.2) is 0 Å². The van der Waals surface area contributed by atoms with E-state index in [0.29, 0.717) is 0 Å². The Morgan fingerprint density at radius 3 is 2.17 bits per heavy atom. The molecule has 1 saturated heterocycles. The van der Waals surface area contributed by atoms with Crippen LogP contribution >= 0.6 is 0 Å². The van der Waals surface area contributed by atoms with E-state index in [9.17, 15) is 0 Å². The van der Waals surface area contributed by atoms with Crippen molar-refractivity contribution in [2.75, 3.05) is 6.54 Å². The summed E-state index contributed by atoms with van der Waals surface area (Å²) in [6, 6.07) is 0. The predicted octanol–water partition coefficient (Wildman–Crippen LogP) is -1.45. The Kier molecular flexibility index (Phi) is 0.611. The Balaban J connectivity index is 2.28. The van der Waals surface area contributed by atoms with E-state index in [1.54, 1.807) is 0 Å². The normalized spacial score (nSPS) is 27.0. The van der Waals surface area contributed by atoms with Crippen LogP contribution < -0.4 is 5.73 Å². The molecule has 3 N–H and O–H groups in total. The average Bonchev–Trinajstić information content (AvgIpc) is 2.22. The van der Waals surface area contributed by atoms with E-state index in [1.165, 1.54) is 0 Å². The fourth-order valence-electron chi connectivity index (χ4n) is 0.116. The van der Waals surface area contributed by atoms with Crippen LogP contribution in [0.5, 0.6) is 0 Å². The second-order valence-electron chi connectivity index (χ2n) is 1.08. The molecule has 0 unspecified atom stereocenters. The van der Waals surface area contributed by atoms with Crippen LogP contribution in [-0.2, 0) is 9.78 Å². The first-order chi connectivity index (χ1) is 2.77. The van der Waals surface area contributed by atoms with Crippen LogP contribution in [0.25, 0.3) is 0 Å². The van der Waals surface area contributed by atoms with Gasteiger partial charge < -0.3 is 10.8 Å². The van der Waals surface area contributed by atoms with Crippen LogP contribution in [0.15, 0.2) is 0 Å². The summed E-state index contributed by atoms with van der Waals surface area (Å²) in [4.78, 5) is 7.95. The molecule has 1 heterocycles. The summed E-state index contributed by atoms with van der Waals surface area (Å²) in [5, 5.41) is 8.37. The Bertz CT molecular complexity index is 59.8. The summed E-state index contributed by atoms with van der Waals surface area (Å²) in [5.41, 5.74) is 4.87. The topological polar surface area (TPSA) is 71.3 Å². The lowest BCUT2D eigenvalue weighted by atomic mass is 10.6. The van der Waals surface area contributed by atoms with E-state index in [0.717, 1.165) is 0 Å². The van der Waals surface area contributed by atoms with Crippen LogP contribution in [0.3, 0.4) is 0 Å². The van der Waals surface area contributed by atoms with Crippen molar-refractivity contribution in [3.05, 3.63) is 0 Å². The number of nitrogens with two attached hydrogens (primary N) is 1. The molecule has 4 heteroatoms. The van der Waals surface area contributed by atoms with E-state index >= 15 is 0 Å². The number of aliphatic hydroxyl groups is 1. The van der Waals surface area contributed by atoms with Gasteiger partial charge in [-0.2, -0.15) is 9.78 Å². The van der Waals surface area contributed by atoms with Gasteiger partial charge in [0.15, 0.2) is 0 Å². The van der Waals surface area contributed by atoms with Crippen LogP contribution in [0.4, 0.5) is 0 Å². The Morgan fingerprint density at radius 2 is 2.17 bits per heavy atom. The lowest BCUT2D eigenvalue weighted by Crippen LogP contribution is -2.21. The average molecular weight is 91.1 g/mol. The molecule has 0 aromatic carbocycles. The number of hydrogen-bond acceptors (Lipinski definition) is 4. The van der Waals surface area contributed by atoms with Gasteiger partial charge in [-0.3, -0.25) is 0 Å². The Morgan fingerprint density at radius 1 is 1.67 bits per heavy atom. The van der Waals surface area contributed by atoms with Crippen molar-refractivity contribution in [1.82, 2.24) is 0 Å². The summed E-state index contributed by atoms with van der Waals surface area (Å²) in [6.07, 6.45) is 0. The maximum atomic E-state index is 8.37. The van der Waals surface area contributed by atoms with Gasteiger partial charge in [0.2, 0.25) is 0 Å². The second-order valence-corrected chi connectivity index (χ2v) is 1.08. The van der Waals surface area contributed by atoms with E-state index in [2.05, 4.69) is 9.78 Å². The monoisotopic (exact) mass is 91.0 g/mol. The van der Waals surface area contributed by atoms with Crippen molar-refractivity contribution in [2.45, 2.75) is 5.97 Å². The fraction of sp³-hybridized carbons (Fsp3) is 1.00. The van der Waals surface area contributed by atoms with Crippen molar-refractivity contribution >= 4 is 0 Å². The van der Waals surface area contributed by atoms with Gasteiger partial charge in [-0.1, -0.05) is 0 Å². The lowest BCUT2D eigenvalue weighted by molar-refractivity contribution is 0.0398. The predicted molar refractivity (Wildman–Crippen MR) is 16.2 cm³/mol. The Hall–Kier alpha value is -0.160. The van der Waals surface area contributed by atoms with Crippen LogP contribution in [0, 0.1) is 0 Å². The zero-order valence-electron chi connectivity index (χ0n) is 3.05. The SMILES string of the molecule is NCC1(O)OO1. The highest BCUT2D eigenvalue weighted by atomic mass is 17.4. The highest BCUT2D eigenvalue weighted by molar-refractivity contribution is 4.55. The van der Waals surface area contributed by atoms with Crippen molar-refractivity contribution < 1.29 is 14.9 Å². The van der Waals surface area contributed by atoms with Crippen LogP contribution in [0.2, 0.25) is 0 Å². The van der Waals surface area contributed by atoms with Gasteiger partial charge in [0, 0.05) is 0 Å². The molecular weight excluding hydrogens is 86.0 g/mol. The molecule has 36 valence electrons. The smallest absolute Gasteiger partial charge is 0.339 e. The molecule has 0 aromatic rings. The van der Waals surface area contributed by atoms with Crippen molar-refractivity contribution in [1.29, 1.82) is 0 Å². The summed E-state index contributed by atoms with van der Waals surface area (Å²) in [5.74, 6) is -1.43. The fourth-order valence-corrected chi connectivity index (χ4v) is 0.116. The minimum absolute atomic E-state index is 0.00694. The number of hydrogen-bond donors (Lipinski definition) is 2. The minimum atomic E-state index is -1.43. The quantitative estimate of drug-likeness (QED) is 0.306. The van der Waals surface area contributed by atoms with Gasteiger partial charge >= 0.3 is 5.97 Å². The largest absolute Gasteiger partial charge is 0.349 e. The van der Waals surface area contributed by atoms with Gasteiger partial charge in [-0.05, 0) is 0 Å².